The van der Waals surface area contributed by atoms with Crippen molar-refractivity contribution in [1.29, 1.82) is 0 Å². The van der Waals surface area contributed by atoms with Gasteiger partial charge in [-0.05, 0) is 12.8 Å². The van der Waals surface area contributed by atoms with E-state index in [9.17, 15) is 19.7 Å². The van der Waals surface area contributed by atoms with E-state index in [1.165, 1.54) is 13.2 Å². The minimum atomic E-state index is -0.925. The van der Waals surface area contributed by atoms with Crippen molar-refractivity contribution in [2.45, 2.75) is 44.6 Å². The molecule has 7 nitrogen and oxygen atoms in total. The van der Waals surface area contributed by atoms with E-state index in [-0.39, 0.29) is 23.9 Å². The second-order valence-corrected chi connectivity index (χ2v) is 6.01. The van der Waals surface area contributed by atoms with Gasteiger partial charge in [0, 0.05) is 24.0 Å². The molecule has 0 saturated heterocycles. The largest absolute Gasteiger partial charge is 0.467 e. The van der Waals surface area contributed by atoms with E-state index in [2.05, 4.69) is 5.32 Å². The molecular weight excluding hydrogens is 312 g/mol. The fraction of sp³-hybridized carbons (Fsp3) is 0.529. The number of hydrogen-bond donors (Lipinski definition) is 1. The predicted octanol–water partition coefficient (Wildman–Crippen LogP) is 2.38. The second-order valence-electron chi connectivity index (χ2n) is 6.01. The molecule has 2 rings (SSSR count). The molecule has 1 amide bonds. The summed E-state index contributed by atoms with van der Waals surface area (Å²) in [5.41, 5.74) is 0.320. The van der Waals surface area contributed by atoms with Gasteiger partial charge >= 0.3 is 5.97 Å². The number of para-hydroxylation sites is 1. The van der Waals surface area contributed by atoms with Crippen LogP contribution in [-0.2, 0) is 20.7 Å². The molecule has 1 fully saturated rings. The Bertz CT molecular complexity index is 611. The Labute approximate surface area is 140 Å². The number of nitrogens with zero attached hydrogens (tertiary/aromatic N) is 1. The number of benzene rings is 1. The van der Waals surface area contributed by atoms with Crippen molar-refractivity contribution in [2.24, 2.45) is 5.92 Å². The van der Waals surface area contributed by atoms with Crippen molar-refractivity contribution < 1.29 is 19.2 Å². The number of carbonyl (C=O) groups excluding carboxylic acids is 2. The van der Waals surface area contributed by atoms with Crippen LogP contribution in [-0.4, -0.2) is 30.0 Å². The van der Waals surface area contributed by atoms with Gasteiger partial charge in [-0.2, -0.15) is 0 Å². The smallest absolute Gasteiger partial charge is 0.328 e. The van der Waals surface area contributed by atoms with E-state index in [1.807, 2.05) is 0 Å². The van der Waals surface area contributed by atoms with Crippen LogP contribution in [0.25, 0.3) is 0 Å². The normalized spacial score (nSPS) is 16.2. The number of amides is 1. The fourth-order valence-electron chi connectivity index (χ4n) is 3.07. The van der Waals surface area contributed by atoms with Crippen molar-refractivity contribution in [2.75, 3.05) is 7.11 Å². The summed E-state index contributed by atoms with van der Waals surface area (Å²) in [6, 6.07) is 5.27. The minimum Gasteiger partial charge on any atom is -0.467 e. The van der Waals surface area contributed by atoms with Crippen LogP contribution in [0.3, 0.4) is 0 Å². The maximum Gasteiger partial charge on any atom is 0.328 e. The van der Waals surface area contributed by atoms with E-state index in [0.29, 0.717) is 5.56 Å². The summed E-state index contributed by atoms with van der Waals surface area (Å²) in [5, 5.41) is 13.8. The summed E-state index contributed by atoms with van der Waals surface area (Å²) in [4.78, 5) is 35.0. The number of nitro benzene ring substituents is 1. The molecule has 24 heavy (non-hydrogen) atoms. The molecule has 1 atom stereocenters. The lowest BCUT2D eigenvalue weighted by atomic mass is 9.88. The third-order valence-electron chi connectivity index (χ3n) is 4.39. The van der Waals surface area contributed by atoms with Gasteiger partial charge in [-0.3, -0.25) is 14.9 Å². The summed E-state index contributed by atoms with van der Waals surface area (Å²) < 4.78 is 4.75. The highest BCUT2D eigenvalue weighted by molar-refractivity contribution is 5.86. The standard InChI is InChI=1S/C17H22N2O5/c1-24-17(21)14(18-16(20)12-7-3-2-4-8-12)11-13-9-5-6-10-15(13)19(22)23/h5-6,9-10,12,14H,2-4,7-8,11H2,1H3,(H,18,20)/t14-/m0/s1. The highest BCUT2D eigenvalue weighted by Crippen LogP contribution is 2.24. The first-order chi connectivity index (χ1) is 11.5. The zero-order valence-electron chi connectivity index (χ0n) is 13.7. The van der Waals surface area contributed by atoms with E-state index >= 15 is 0 Å². The van der Waals surface area contributed by atoms with Crippen molar-refractivity contribution >= 4 is 17.6 Å². The van der Waals surface area contributed by atoms with Gasteiger partial charge in [0.25, 0.3) is 5.69 Å². The number of rotatable bonds is 6. The molecule has 1 aromatic rings. The Morgan fingerprint density at radius 2 is 1.96 bits per heavy atom. The van der Waals surface area contributed by atoms with Crippen molar-refractivity contribution in [3.05, 3.63) is 39.9 Å². The van der Waals surface area contributed by atoms with Gasteiger partial charge in [-0.15, -0.1) is 0 Å². The average Bonchev–Trinajstić information content (AvgIpc) is 2.61. The molecule has 0 aromatic heterocycles. The summed E-state index contributed by atoms with van der Waals surface area (Å²) in [6.45, 7) is 0. The molecule has 1 saturated carbocycles. The van der Waals surface area contributed by atoms with E-state index in [1.54, 1.807) is 18.2 Å². The average molecular weight is 334 g/mol. The van der Waals surface area contributed by atoms with Gasteiger partial charge in [0.15, 0.2) is 0 Å². The van der Waals surface area contributed by atoms with Gasteiger partial charge in [0.2, 0.25) is 5.91 Å². The summed E-state index contributed by atoms with van der Waals surface area (Å²) in [6.07, 6.45) is 4.79. The number of esters is 1. The topological polar surface area (TPSA) is 98.5 Å². The summed E-state index contributed by atoms with van der Waals surface area (Å²) in [7, 11) is 1.24. The number of carbonyl (C=O) groups is 2. The van der Waals surface area contributed by atoms with E-state index in [4.69, 9.17) is 4.74 Å². The molecule has 130 valence electrons. The van der Waals surface area contributed by atoms with Gasteiger partial charge in [-0.25, -0.2) is 4.79 Å². The van der Waals surface area contributed by atoms with Crippen molar-refractivity contribution in [3.63, 3.8) is 0 Å². The van der Waals surface area contributed by atoms with Gasteiger partial charge in [-0.1, -0.05) is 37.5 Å². The quantitative estimate of drug-likeness (QED) is 0.489. The molecule has 0 spiro atoms. The molecule has 1 aromatic carbocycles. The SMILES string of the molecule is COC(=O)[C@H](Cc1ccccc1[N+](=O)[O-])NC(=O)C1CCCCC1. The number of methoxy groups -OCH3 is 1. The highest BCUT2D eigenvalue weighted by Gasteiger charge is 2.29. The molecule has 7 heteroatoms. The Hall–Kier alpha value is -2.44. The van der Waals surface area contributed by atoms with Crippen LogP contribution in [0.2, 0.25) is 0 Å². The first-order valence-electron chi connectivity index (χ1n) is 8.13. The maximum atomic E-state index is 12.4. The van der Waals surface area contributed by atoms with Gasteiger partial charge in [0.05, 0.1) is 12.0 Å². The molecular formula is C17H22N2O5. The fourth-order valence-corrected chi connectivity index (χ4v) is 3.07. The second kappa shape index (κ2) is 8.42. The first kappa shape index (κ1) is 17.9. The lowest BCUT2D eigenvalue weighted by molar-refractivity contribution is -0.385. The maximum absolute atomic E-state index is 12.4. The van der Waals surface area contributed by atoms with Crippen LogP contribution in [0, 0.1) is 16.0 Å². The zero-order chi connectivity index (χ0) is 17.5. The number of nitrogens with one attached hydrogen (secondary N) is 1. The third-order valence-corrected chi connectivity index (χ3v) is 4.39. The summed E-state index contributed by atoms with van der Waals surface area (Å²) in [5.74, 6) is -0.877. The lowest BCUT2D eigenvalue weighted by Crippen LogP contribution is -2.45. The molecule has 1 aliphatic carbocycles. The Morgan fingerprint density at radius 3 is 2.58 bits per heavy atom. The van der Waals surface area contributed by atoms with Crippen molar-refractivity contribution in [3.8, 4) is 0 Å². The van der Waals surface area contributed by atoms with E-state index < -0.39 is 16.9 Å². The van der Waals surface area contributed by atoms with Crippen LogP contribution >= 0.6 is 0 Å². The van der Waals surface area contributed by atoms with Crippen LogP contribution in [0.4, 0.5) is 5.69 Å². The lowest BCUT2D eigenvalue weighted by Gasteiger charge is -2.24. The number of ether oxygens (including phenoxy) is 1. The summed E-state index contributed by atoms with van der Waals surface area (Å²) >= 11 is 0. The molecule has 0 aliphatic heterocycles. The van der Waals surface area contributed by atoms with Crippen molar-refractivity contribution in [1.82, 2.24) is 5.32 Å². The predicted molar refractivity (Wildman–Crippen MR) is 87.3 cm³/mol. The van der Waals surface area contributed by atoms with Crippen LogP contribution in [0.1, 0.15) is 37.7 Å². The zero-order valence-corrected chi connectivity index (χ0v) is 13.7. The van der Waals surface area contributed by atoms with Crippen LogP contribution in [0.5, 0.6) is 0 Å². The monoisotopic (exact) mass is 334 g/mol. The molecule has 1 aliphatic rings. The van der Waals surface area contributed by atoms with Gasteiger partial charge < -0.3 is 10.1 Å². The molecule has 0 unspecified atom stereocenters. The Kier molecular flexibility index (Phi) is 6.28. The molecule has 0 heterocycles. The molecule has 1 N–H and O–H groups in total. The molecule has 0 bridgehead atoms. The van der Waals surface area contributed by atoms with Gasteiger partial charge in [0.1, 0.15) is 6.04 Å². The first-order valence-corrected chi connectivity index (χ1v) is 8.13. The third kappa shape index (κ3) is 4.53. The van der Waals surface area contributed by atoms with E-state index in [0.717, 1.165) is 32.1 Å². The Morgan fingerprint density at radius 1 is 1.29 bits per heavy atom. The van der Waals surface area contributed by atoms with Crippen LogP contribution in [0.15, 0.2) is 24.3 Å². The number of nitro groups is 1. The molecule has 0 radical (unpaired) electrons. The minimum absolute atomic E-state index is 0.0300. The van der Waals surface area contributed by atoms with Crippen LogP contribution < -0.4 is 5.32 Å². The number of hydrogen-bond acceptors (Lipinski definition) is 5. The Balaban J connectivity index is 2.12. The highest BCUT2D eigenvalue weighted by atomic mass is 16.6.